The van der Waals surface area contributed by atoms with E-state index in [2.05, 4.69) is 4.99 Å². The minimum atomic E-state index is -0.502. The summed E-state index contributed by atoms with van der Waals surface area (Å²) in [6, 6.07) is 9.69. The zero-order valence-electron chi connectivity index (χ0n) is 9.47. The molecule has 1 heterocycles. The molecular formula is C12H15N3O. The van der Waals surface area contributed by atoms with Crippen molar-refractivity contribution in [2.24, 2.45) is 10.7 Å². The highest BCUT2D eigenvalue weighted by atomic mass is 16.2. The Hall–Kier alpha value is -1.84. The first-order valence-electron chi connectivity index (χ1n) is 5.20. The van der Waals surface area contributed by atoms with E-state index in [1.165, 1.54) is 0 Å². The van der Waals surface area contributed by atoms with Gasteiger partial charge >= 0.3 is 6.03 Å². The van der Waals surface area contributed by atoms with Crippen LogP contribution in [0.25, 0.3) is 0 Å². The van der Waals surface area contributed by atoms with Crippen LogP contribution in [0, 0.1) is 0 Å². The molecule has 0 bridgehead atoms. The normalized spacial score (nSPS) is 24.8. The summed E-state index contributed by atoms with van der Waals surface area (Å²) < 4.78 is 0. The second-order valence-electron chi connectivity index (χ2n) is 4.27. The van der Waals surface area contributed by atoms with Gasteiger partial charge in [0.1, 0.15) is 11.4 Å². The number of nitrogens with two attached hydrogens (primary N) is 1. The van der Waals surface area contributed by atoms with Gasteiger partial charge in [0.25, 0.3) is 0 Å². The Morgan fingerprint density at radius 1 is 1.38 bits per heavy atom. The highest BCUT2D eigenvalue weighted by Crippen LogP contribution is 2.25. The maximum Gasteiger partial charge on any atom is 0.345 e. The molecule has 1 aliphatic rings. The van der Waals surface area contributed by atoms with E-state index < -0.39 is 5.54 Å². The minimum absolute atomic E-state index is 0.268. The Bertz CT molecular complexity index is 441. The summed E-state index contributed by atoms with van der Waals surface area (Å²) in [4.78, 5) is 16.8. The zero-order chi connectivity index (χ0) is 11.8. The van der Waals surface area contributed by atoms with Gasteiger partial charge in [-0.3, -0.25) is 0 Å². The molecule has 0 saturated heterocycles. The van der Waals surface area contributed by atoms with Crippen molar-refractivity contribution in [3.63, 3.8) is 0 Å². The summed E-state index contributed by atoms with van der Waals surface area (Å²) in [5.41, 5.74) is 6.47. The van der Waals surface area contributed by atoms with Gasteiger partial charge in [0.15, 0.2) is 0 Å². The van der Waals surface area contributed by atoms with Crippen molar-refractivity contribution in [1.82, 2.24) is 4.90 Å². The first kappa shape index (κ1) is 10.7. The van der Waals surface area contributed by atoms with Crippen molar-refractivity contribution in [2.75, 3.05) is 7.05 Å². The van der Waals surface area contributed by atoms with E-state index in [1.807, 2.05) is 37.3 Å². The number of nitrogens with zero attached hydrogens (tertiary/aromatic N) is 2. The lowest BCUT2D eigenvalue weighted by Crippen LogP contribution is -2.51. The van der Waals surface area contributed by atoms with Crippen LogP contribution in [0.15, 0.2) is 35.3 Å². The average molecular weight is 217 g/mol. The summed E-state index contributed by atoms with van der Waals surface area (Å²) in [5, 5.41) is 0. The standard InChI is InChI=1S/C12H15N3O/c1-12(8-9-6-4-3-5-7-9)10(13)14-11(16)15(12)2/h3-7H,8H2,1-2H3,(H2,13,14,16)/t12-/m1/s1. The average Bonchev–Trinajstić information content (AvgIpc) is 2.45. The Labute approximate surface area is 94.8 Å². The van der Waals surface area contributed by atoms with Crippen molar-refractivity contribution < 1.29 is 4.79 Å². The van der Waals surface area contributed by atoms with Crippen molar-refractivity contribution in [2.45, 2.75) is 18.9 Å². The molecule has 1 aromatic carbocycles. The fourth-order valence-electron chi connectivity index (χ4n) is 1.88. The molecule has 0 radical (unpaired) electrons. The molecule has 16 heavy (non-hydrogen) atoms. The fraction of sp³-hybridized carbons (Fsp3) is 0.333. The third kappa shape index (κ3) is 1.56. The van der Waals surface area contributed by atoms with Gasteiger partial charge in [-0.1, -0.05) is 30.3 Å². The largest absolute Gasteiger partial charge is 0.385 e. The lowest BCUT2D eigenvalue weighted by atomic mass is 9.91. The summed E-state index contributed by atoms with van der Waals surface area (Å²) in [5.74, 6) is 0.392. The van der Waals surface area contributed by atoms with Crippen molar-refractivity contribution in [3.05, 3.63) is 35.9 Å². The van der Waals surface area contributed by atoms with Gasteiger partial charge in [-0.25, -0.2) is 4.79 Å². The van der Waals surface area contributed by atoms with E-state index in [0.29, 0.717) is 12.3 Å². The number of rotatable bonds is 2. The smallest absolute Gasteiger partial charge is 0.345 e. The second kappa shape index (κ2) is 3.63. The number of carbonyl (C=O) groups is 1. The summed E-state index contributed by atoms with van der Waals surface area (Å²) in [6.07, 6.45) is 0.686. The van der Waals surface area contributed by atoms with Crippen LogP contribution >= 0.6 is 0 Å². The number of benzene rings is 1. The summed E-state index contributed by atoms with van der Waals surface area (Å²) in [6.45, 7) is 1.93. The molecule has 0 saturated carbocycles. The number of carbonyl (C=O) groups excluding carboxylic acids is 1. The second-order valence-corrected chi connectivity index (χ2v) is 4.27. The van der Waals surface area contributed by atoms with Crippen LogP contribution in [-0.4, -0.2) is 29.4 Å². The molecule has 2 rings (SSSR count). The number of amides is 2. The number of aliphatic imine (C=N–C) groups is 1. The van der Waals surface area contributed by atoms with Crippen LogP contribution in [0.3, 0.4) is 0 Å². The van der Waals surface area contributed by atoms with Crippen molar-refractivity contribution in [1.29, 1.82) is 0 Å². The molecule has 1 aliphatic heterocycles. The Morgan fingerprint density at radius 2 is 2.00 bits per heavy atom. The van der Waals surface area contributed by atoms with Gasteiger partial charge in [0.2, 0.25) is 0 Å². The molecule has 84 valence electrons. The molecule has 0 spiro atoms. The Morgan fingerprint density at radius 3 is 2.50 bits per heavy atom. The SMILES string of the molecule is CN1C(=O)N=C(N)[C@@]1(C)Cc1ccccc1. The van der Waals surface area contributed by atoms with Crippen molar-refractivity contribution in [3.8, 4) is 0 Å². The fourth-order valence-corrected chi connectivity index (χ4v) is 1.88. The Kier molecular flexibility index (Phi) is 2.42. The molecule has 0 unspecified atom stereocenters. The third-order valence-electron chi connectivity index (χ3n) is 3.19. The predicted octanol–water partition coefficient (Wildman–Crippen LogP) is 1.41. The first-order chi connectivity index (χ1) is 7.54. The van der Waals surface area contributed by atoms with Gasteiger partial charge in [0.05, 0.1) is 0 Å². The Balaban J connectivity index is 2.28. The number of likely N-dealkylation sites (N-methyl/N-ethyl adjacent to an activating group) is 1. The topological polar surface area (TPSA) is 58.7 Å². The van der Waals surface area contributed by atoms with Crippen LogP contribution in [0.4, 0.5) is 4.79 Å². The quantitative estimate of drug-likeness (QED) is 0.814. The van der Waals surface area contributed by atoms with Crippen molar-refractivity contribution >= 4 is 11.9 Å². The molecule has 0 aliphatic carbocycles. The van der Waals surface area contributed by atoms with Crippen LogP contribution in [0.1, 0.15) is 12.5 Å². The number of hydrogen-bond donors (Lipinski definition) is 1. The van der Waals surface area contributed by atoms with E-state index in [4.69, 9.17) is 5.73 Å². The number of amidine groups is 1. The molecule has 4 heteroatoms. The molecule has 0 aromatic heterocycles. The van der Waals surface area contributed by atoms with Gasteiger partial charge < -0.3 is 10.6 Å². The van der Waals surface area contributed by atoms with Gasteiger partial charge in [-0.2, -0.15) is 4.99 Å². The lowest BCUT2D eigenvalue weighted by Gasteiger charge is -2.31. The van der Waals surface area contributed by atoms with Crippen LogP contribution in [-0.2, 0) is 6.42 Å². The molecule has 2 N–H and O–H groups in total. The molecule has 0 fully saturated rings. The minimum Gasteiger partial charge on any atom is -0.385 e. The highest BCUT2D eigenvalue weighted by molar-refractivity contribution is 6.05. The zero-order valence-corrected chi connectivity index (χ0v) is 9.47. The molecular weight excluding hydrogens is 202 g/mol. The predicted molar refractivity (Wildman–Crippen MR) is 63.3 cm³/mol. The van der Waals surface area contributed by atoms with E-state index in [-0.39, 0.29) is 6.03 Å². The van der Waals surface area contributed by atoms with Crippen LogP contribution in [0.5, 0.6) is 0 Å². The van der Waals surface area contributed by atoms with Gasteiger partial charge in [0, 0.05) is 13.5 Å². The highest BCUT2D eigenvalue weighted by Gasteiger charge is 2.42. The molecule has 1 atom stereocenters. The van der Waals surface area contributed by atoms with Crippen LogP contribution < -0.4 is 5.73 Å². The van der Waals surface area contributed by atoms with Crippen LogP contribution in [0.2, 0.25) is 0 Å². The summed E-state index contributed by atoms with van der Waals surface area (Å²) >= 11 is 0. The molecule has 1 aromatic rings. The van der Waals surface area contributed by atoms with E-state index in [0.717, 1.165) is 5.56 Å². The monoisotopic (exact) mass is 217 g/mol. The maximum atomic E-state index is 11.4. The van der Waals surface area contributed by atoms with Gasteiger partial charge in [-0.05, 0) is 12.5 Å². The number of hydrogen-bond acceptors (Lipinski definition) is 2. The molecule has 2 amide bonds. The maximum absolute atomic E-state index is 11.4. The van der Waals surface area contributed by atoms with Gasteiger partial charge in [-0.15, -0.1) is 0 Å². The van der Waals surface area contributed by atoms with E-state index in [1.54, 1.807) is 11.9 Å². The number of urea groups is 1. The first-order valence-corrected chi connectivity index (χ1v) is 5.20. The van der Waals surface area contributed by atoms with E-state index in [9.17, 15) is 4.79 Å². The van der Waals surface area contributed by atoms with E-state index >= 15 is 0 Å². The third-order valence-corrected chi connectivity index (χ3v) is 3.19. The summed E-state index contributed by atoms with van der Waals surface area (Å²) in [7, 11) is 1.73. The lowest BCUT2D eigenvalue weighted by molar-refractivity contribution is 0.197. The molecule has 4 nitrogen and oxygen atoms in total.